The average molecular weight is 306 g/mol. The van der Waals surface area contributed by atoms with Crippen molar-refractivity contribution in [2.75, 3.05) is 0 Å². The Kier molecular flexibility index (Phi) is 2.91. The number of hydrogen-bond donors (Lipinski definition) is 3. The molecule has 0 unspecified atom stereocenters. The molecule has 3 aromatic rings. The van der Waals surface area contributed by atoms with Crippen LogP contribution in [0.2, 0.25) is 5.02 Å². The number of carbonyl (C=O) groups is 1. The summed E-state index contributed by atoms with van der Waals surface area (Å²) in [5, 5.41) is 36.3. The zero-order chi connectivity index (χ0) is 15.1. The van der Waals surface area contributed by atoms with Crippen molar-refractivity contribution in [1.29, 1.82) is 0 Å². The number of phenols is 2. The van der Waals surface area contributed by atoms with Crippen molar-refractivity contribution in [2.45, 2.75) is 0 Å². The quantitative estimate of drug-likeness (QED) is 0.626. The van der Waals surface area contributed by atoms with E-state index in [9.17, 15) is 15.0 Å². The van der Waals surface area contributed by atoms with Crippen LogP contribution in [0.15, 0.2) is 30.5 Å². The lowest BCUT2D eigenvalue weighted by molar-refractivity contribution is 0.0696. The number of hydrogen-bond acceptors (Lipinski definition) is 5. The van der Waals surface area contributed by atoms with Gasteiger partial charge in [0.25, 0.3) is 0 Å². The average Bonchev–Trinajstić information content (AvgIpc) is 2.85. The maximum atomic E-state index is 11.1. The first-order valence-corrected chi connectivity index (χ1v) is 6.15. The molecule has 0 atom stereocenters. The van der Waals surface area contributed by atoms with Crippen molar-refractivity contribution < 1.29 is 20.1 Å². The largest absolute Gasteiger partial charge is 0.508 e. The first kappa shape index (κ1) is 13.2. The standard InChI is InChI=1S/C13H8ClN3O4/c14-9-3-6(13(20)21)5-17-11(15-16-12(9)17)8-4-7(18)1-2-10(8)19/h1-5,18-19H,(H,20,21). The minimum absolute atomic E-state index is 0.0480. The summed E-state index contributed by atoms with van der Waals surface area (Å²) in [4.78, 5) is 11.1. The number of aromatic nitrogens is 3. The zero-order valence-electron chi connectivity index (χ0n) is 10.4. The Morgan fingerprint density at radius 2 is 1.95 bits per heavy atom. The number of rotatable bonds is 2. The molecule has 0 radical (unpaired) electrons. The third kappa shape index (κ3) is 2.13. The second kappa shape index (κ2) is 4.64. The third-order valence-electron chi connectivity index (χ3n) is 2.93. The van der Waals surface area contributed by atoms with Crippen molar-refractivity contribution in [3.63, 3.8) is 0 Å². The van der Waals surface area contributed by atoms with Gasteiger partial charge in [-0.3, -0.25) is 4.40 Å². The zero-order valence-corrected chi connectivity index (χ0v) is 11.1. The number of nitrogens with zero attached hydrogens (tertiary/aromatic N) is 3. The molecule has 2 heterocycles. The fourth-order valence-electron chi connectivity index (χ4n) is 1.96. The molecule has 7 nitrogen and oxygen atoms in total. The molecule has 0 aliphatic carbocycles. The lowest BCUT2D eigenvalue weighted by atomic mass is 10.1. The summed E-state index contributed by atoms with van der Waals surface area (Å²) in [6.45, 7) is 0. The van der Waals surface area contributed by atoms with Gasteiger partial charge < -0.3 is 15.3 Å². The van der Waals surface area contributed by atoms with Gasteiger partial charge >= 0.3 is 5.97 Å². The fourth-order valence-corrected chi connectivity index (χ4v) is 2.20. The Morgan fingerprint density at radius 3 is 2.67 bits per heavy atom. The number of aromatic carboxylic acids is 1. The van der Waals surface area contributed by atoms with Crippen LogP contribution in [0.25, 0.3) is 17.0 Å². The Balaban J connectivity index is 2.33. The van der Waals surface area contributed by atoms with Gasteiger partial charge in [0.2, 0.25) is 0 Å². The summed E-state index contributed by atoms with van der Waals surface area (Å²) in [5.41, 5.74) is 0.411. The third-order valence-corrected chi connectivity index (χ3v) is 3.21. The molecule has 0 spiro atoms. The molecule has 0 aliphatic heterocycles. The van der Waals surface area contributed by atoms with Gasteiger partial charge in [0.1, 0.15) is 11.5 Å². The molecular weight excluding hydrogens is 298 g/mol. The topological polar surface area (TPSA) is 108 Å². The summed E-state index contributed by atoms with van der Waals surface area (Å²) in [7, 11) is 0. The molecule has 3 N–H and O–H groups in total. The van der Waals surface area contributed by atoms with Gasteiger partial charge in [-0.1, -0.05) is 11.6 Å². The van der Waals surface area contributed by atoms with Crippen molar-refractivity contribution in [3.8, 4) is 22.9 Å². The van der Waals surface area contributed by atoms with E-state index in [0.717, 1.165) is 0 Å². The summed E-state index contributed by atoms with van der Waals surface area (Å²) < 4.78 is 1.35. The van der Waals surface area contributed by atoms with Crippen molar-refractivity contribution in [3.05, 3.63) is 41.0 Å². The number of phenolic OH excluding ortho intramolecular Hbond substituents is 2. The predicted molar refractivity (Wildman–Crippen MR) is 73.7 cm³/mol. The van der Waals surface area contributed by atoms with Crippen LogP contribution in [0, 0.1) is 0 Å². The normalized spacial score (nSPS) is 10.9. The predicted octanol–water partition coefficient (Wildman–Crippen LogP) is 2.16. The van der Waals surface area contributed by atoms with E-state index in [1.807, 2.05) is 0 Å². The van der Waals surface area contributed by atoms with E-state index >= 15 is 0 Å². The van der Waals surface area contributed by atoms with E-state index in [4.69, 9.17) is 16.7 Å². The van der Waals surface area contributed by atoms with Gasteiger partial charge in [0.05, 0.1) is 16.1 Å². The van der Waals surface area contributed by atoms with Crippen molar-refractivity contribution in [1.82, 2.24) is 14.6 Å². The van der Waals surface area contributed by atoms with E-state index in [2.05, 4.69) is 10.2 Å². The minimum Gasteiger partial charge on any atom is -0.508 e. The van der Waals surface area contributed by atoms with E-state index < -0.39 is 5.97 Å². The molecule has 2 aromatic heterocycles. The smallest absolute Gasteiger partial charge is 0.337 e. The lowest BCUT2D eigenvalue weighted by Gasteiger charge is -2.05. The van der Waals surface area contributed by atoms with Gasteiger partial charge in [-0.05, 0) is 24.3 Å². The molecule has 0 bridgehead atoms. The second-order valence-corrected chi connectivity index (χ2v) is 4.71. The molecule has 8 heteroatoms. The number of halogens is 1. The van der Waals surface area contributed by atoms with Crippen LogP contribution in [0.1, 0.15) is 10.4 Å². The molecule has 106 valence electrons. The van der Waals surface area contributed by atoms with Crippen LogP contribution in [0.5, 0.6) is 11.5 Å². The summed E-state index contributed by atoms with van der Waals surface area (Å²) in [6, 6.07) is 5.18. The van der Waals surface area contributed by atoms with Crippen molar-refractivity contribution in [2.24, 2.45) is 0 Å². The van der Waals surface area contributed by atoms with E-state index in [-0.39, 0.29) is 39.1 Å². The molecule has 1 aromatic carbocycles. The highest BCUT2D eigenvalue weighted by molar-refractivity contribution is 6.33. The number of carboxylic acid groups (broad SMARTS) is 1. The molecule has 3 rings (SSSR count). The number of aromatic hydroxyl groups is 2. The summed E-state index contributed by atoms with van der Waals surface area (Å²) >= 11 is 5.98. The van der Waals surface area contributed by atoms with E-state index in [1.165, 1.54) is 34.9 Å². The van der Waals surface area contributed by atoms with Crippen LogP contribution >= 0.6 is 11.6 Å². The van der Waals surface area contributed by atoms with Crippen LogP contribution < -0.4 is 0 Å². The van der Waals surface area contributed by atoms with Gasteiger partial charge in [-0.15, -0.1) is 10.2 Å². The lowest BCUT2D eigenvalue weighted by Crippen LogP contribution is -2.00. The SMILES string of the molecule is O=C(O)c1cc(Cl)c2nnc(-c3cc(O)ccc3O)n2c1. The van der Waals surface area contributed by atoms with Crippen LogP contribution in [-0.4, -0.2) is 35.9 Å². The van der Waals surface area contributed by atoms with Crippen LogP contribution in [-0.2, 0) is 0 Å². The van der Waals surface area contributed by atoms with E-state index in [1.54, 1.807) is 0 Å². The van der Waals surface area contributed by atoms with Crippen molar-refractivity contribution >= 4 is 23.2 Å². The van der Waals surface area contributed by atoms with Crippen LogP contribution in [0.4, 0.5) is 0 Å². The number of pyridine rings is 1. The molecule has 0 amide bonds. The molecular formula is C13H8ClN3O4. The van der Waals surface area contributed by atoms with Gasteiger partial charge in [-0.2, -0.15) is 0 Å². The second-order valence-electron chi connectivity index (χ2n) is 4.30. The summed E-state index contributed by atoms with van der Waals surface area (Å²) in [5.74, 6) is -1.18. The molecule has 21 heavy (non-hydrogen) atoms. The summed E-state index contributed by atoms with van der Waals surface area (Å²) in [6.07, 6.45) is 1.29. The monoisotopic (exact) mass is 305 g/mol. The molecule has 0 saturated carbocycles. The molecule has 0 saturated heterocycles. The first-order chi connectivity index (χ1) is 9.97. The Morgan fingerprint density at radius 1 is 1.19 bits per heavy atom. The molecule has 0 aliphatic rings. The van der Waals surface area contributed by atoms with E-state index in [0.29, 0.717) is 0 Å². The van der Waals surface area contributed by atoms with Crippen LogP contribution in [0.3, 0.4) is 0 Å². The van der Waals surface area contributed by atoms with Gasteiger partial charge in [0.15, 0.2) is 11.5 Å². The highest BCUT2D eigenvalue weighted by Crippen LogP contribution is 2.32. The Hall–Kier alpha value is -2.80. The minimum atomic E-state index is -1.15. The maximum absolute atomic E-state index is 11.1. The Bertz CT molecular complexity index is 875. The van der Waals surface area contributed by atoms with Gasteiger partial charge in [-0.25, -0.2) is 4.79 Å². The highest BCUT2D eigenvalue weighted by Gasteiger charge is 2.17. The maximum Gasteiger partial charge on any atom is 0.337 e. The number of fused-ring (bicyclic) bond motifs is 1. The highest BCUT2D eigenvalue weighted by atomic mass is 35.5. The fraction of sp³-hybridized carbons (Fsp3) is 0. The Labute approximate surface area is 122 Å². The van der Waals surface area contributed by atoms with Gasteiger partial charge in [0, 0.05) is 6.20 Å². The number of carboxylic acids is 1. The first-order valence-electron chi connectivity index (χ1n) is 5.77. The number of benzene rings is 1. The molecule has 0 fully saturated rings.